The van der Waals surface area contributed by atoms with Crippen LogP contribution in [-0.2, 0) is 0 Å². The van der Waals surface area contributed by atoms with E-state index in [9.17, 15) is 5.11 Å². The van der Waals surface area contributed by atoms with E-state index in [-0.39, 0.29) is 16.9 Å². The maximum absolute atomic E-state index is 9.70. The molecule has 0 aliphatic carbocycles. The lowest BCUT2D eigenvalue weighted by molar-refractivity contribution is 0.274. The predicted octanol–water partition coefficient (Wildman–Crippen LogP) is 4.27. The normalized spacial score (nSPS) is 14.5. The first kappa shape index (κ1) is 16.0. The molecule has 0 aliphatic heterocycles. The average molecular weight is 263 g/mol. The van der Waals surface area contributed by atoms with Crippen molar-refractivity contribution in [2.75, 3.05) is 0 Å². The number of rotatable bonds is 3. The lowest BCUT2D eigenvalue weighted by Crippen LogP contribution is -2.41. The van der Waals surface area contributed by atoms with Gasteiger partial charge in [0.1, 0.15) is 5.75 Å². The molecule has 19 heavy (non-hydrogen) atoms. The topological polar surface area (TPSA) is 46.2 Å². The van der Waals surface area contributed by atoms with E-state index in [1.807, 2.05) is 12.1 Å². The summed E-state index contributed by atoms with van der Waals surface area (Å²) in [5.41, 5.74) is 9.93. The van der Waals surface area contributed by atoms with Gasteiger partial charge in [-0.2, -0.15) is 0 Å². The smallest absolute Gasteiger partial charge is 0.116 e. The first-order chi connectivity index (χ1) is 8.42. The first-order valence-electron chi connectivity index (χ1n) is 7.01. The molecule has 2 nitrogen and oxygen atoms in total. The maximum Gasteiger partial charge on any atom is 0.116 e. The summed E-state index contributed by atoms with van der Waals surface area (Å²) in [6.45, 7) is 15.0. The minimum Gasteiger partial charge on any atom is -0.508 e. The molecule has 1 aromatic carbocycles. The minimum atomic E-state index is -0.278. The summed E-state index contributed by atoms with van der Waals surface area (Å²) in [6.07, 6.45) is 1.03. The zero-order valence-electron chi connectivity index (χ0n) is 13.5. The molecule has 0 heterocycles. The van der Waals surface area contributed by atoms with Crippen molar-refractivity contribution in [2.24, 2.45) is 11.1 Å². The molecular weight excluding hydrogens is 234 g/mol. The number of hydrogen-bond acceptors (Lipinski definition) is 2. The van der Waals surface area contributed by atoms with Crippen LogP contribution < -0.4 is 5.73 Å². The molecule has 0 radical (unpaired) electrons. The van der Waals surface area contributed by atoms with E-state index in [1.165, 1.54) is 5.56 Å². The third kappa shape index (κ3) is 4.24. The van der Waals surface area contributed by atoms with Gasteiger partial charge in [-0.3, -0.25) is 0 Å². The Labute approximate surface area is 118 Å². The Morgan fingerprint density at radius 2 is 1.47 bits per heavy atom. The number of nitrogens with two attached hydrogens (primary N) is 1. The molecule has 0 saturated heterocycles. The Kier molecular flexibility index (Phi) is 4.36. The second kappa shape index (κ2) is 5.16. The van der Waals surface area contributed by atoms with Crippen molar-refractivity contribution in [1.82, 2.24) is 0 Å². The molecule has 1 rings (SSSR count). The monoisotopic (exact) mass is 263 g/mol. The molecule has 108 valence electrons. The van der Waals surface area contributed by atoms with Gasteiger partial charge in [-0.15, -0.1) is 0 Å². The summed E-state index contributed by atoms with van der Waals surface area (Å²) < 4.78 is 0. The van der Waals surface area contributed by atoms with Gasteiger partial charge in [-0.05, 0) is 68.4 Å². The number of phenolic OH excluding ortho intramolecular Hbond substituents is 1. The van der Waals surface area contributed by atoms with Crippen molar-refractivity contribution in [2.45, 2.75) is 66.3 Å². The van der Waals surface area contributed by atoms with Gasteiger partial charge in [0, 0.05) is 11.5 Å². The Morgan fingerprint density at radius 1 is 1.05 bits per heavy atom. The summed E-state index contributed by atoms with van der Waals surface area (Å²) in [5.74, 6) is 0.621. The molecule has 0 saturated carbocycles. The molecular formula is C17H29NO. The Morgan fingerprint density at radius 3 is 1.79 bits per heavy atom. The lowest BCUT2D eigenvalue weighted by atomic mass is 9.71. The molecule has 0 fully saturated rings. The fourth-order valence-corrected chi connectivity index (χ4v) is 2.85. The highest BCUT2D eigenvalue weighted by atomic mass is 16.3. The first-order valence-corrected chi connectivity index (χ1v) is 7.01. The van der Waals surface area contributed by atoms with Gasteiger partial charge in [0.2, 0.25) is 0 Å². The molecule has 0 spiro atoms. The van der Waals surface area contributed by atoms with Gasteiger partial charge in [0.15, 0.2) is 0 Å². The summed E-state index contributed by atoms with van der Waals surface area (Å²) in [5, 5.41) is 9.70. The summed E-state index contributed by atoms with van der Waals surface area (Å²) >= 11 is 0. The van der Waals surface area contributed by atoms with Gasteiger partial charge in [-0.1, -0.05) is 20.8 Å². The Bertz CT molecular complexity index is 426. The third-order valence-corrected chi connectivity index (χ3v) is 3.64. The van der Waals surface area contributed by atoms with Crippen molar-refractivity contribution in [3.63, 3.8) is 0 Å². The SMILES string of the molecule is Cc1cc(O)cc(C)c1C(CC(C)(C)C)C(C)(C)N. The average Bonchev–Trinajstić information content (AvgIpc) is 2.10. The highest BCUT2D eigenvalue weighted by Crippen LogP contribution is 2.40. The molecule has 0 amide bonds. The zero-order chi connectivity index (χ0) is 15.0. The van der Waals surface area contributed by atoms with Crippen LogP contribution in [0.1, 0.15) is 63.6 Å². The van der Waals surface area contributed by atoms with Gasteiger partial charge < -0.3 is 10.8 Å². The van der Waals surface area contributed by atoms with E-state index in [4.69, 9.17) is 5.73 Å². The highest BCUT2D eigenvalue weighted by molar-refractivity contribution is 5.43. The number of phenols is 1. The fourth-order valence-electron chi connectivity index (χ4n) is 2.85. The van der Waals surface area contributed by atoms with Crippen LogP contribution in [0.4, 0.5) is 0 Å². The lowest BCUT2D eigenvalue weighted by Gasteiger charge is -2.37. The Hall–Kier alpha value is -1.02. The van der Waals surface area contributed by atoms with Gasteiger partial charge in [0.25, 0.3) is 0 Å². The van der Waals surface area contributed by atoms with Crippen molar-refractivity contribution < 1.29 is 5.11 Å². The van der Waals surface area contributed by atoms with Crippen LogP contribution in [0.5, 0.6) is 5.75 Å². The molecule has 1 unspecified atom stereocenters. The van der Waals surface area contributed by atoms with Crippen molar-refractivity contribution in [1.29, 1.82) is 0 Å². The second-order valence-corrected chi connectivity index (χ2v) is 7.63. The molecule has 0 bridgehead atoms. The van der Waals surface area contributed by atoms with Gasteiger partial charge in [0.05, 0.1) is 0 Å². The minimum absolute atomic E-state index is 0.220. The highest BCUT2D eigenvalue weighted by Gasteiger charge is 2.32. The van der Waals surface area contributed by atoms with Crippen molar-refractivity contribution in [3.05, 3.63) is 28.8 Å². The van der Waals surface area contributed by atoms with Crippen molar-refractivity contribution in [3.8, 4) is 5.75 Å². The van der Waals surface area contributed by atoms with E-state index in [1.54, 1.807) is 0 Å². The van der Waals surface area contributed by atoms with E-state index < -0.39 is 0 Å². The van der Waals surface area contributed by atoms with Gasteiger partial charge >= 0.3 is 0 Å². The van der Waals surface area contributed by atoms with Crippen LogP contribution in [0, 0.1) is 19.3 Å². The van der Waals surface area contributed by atoms with Gasteiger partial charge in [-0.25, -0.2) is 0 Å². The number of aryl methyl sites for hydroxylation is 2. The fraction of sp³-hybridized carbons (Fsp3) is 0.647. The van der Waals surface area contributed by atoms with Crippen LogP contribution in [0.15, 0.2) is 12.1 Å². The number of benzene rings is 1. The van der Waals surface area contributed by atoms with Crippen LogP contribution in [0.2, 0.25) is 0 Å². The number of aromatic hydroxyl groups is 1. The number of hydrogen-bond donors (Lipinski definition) is 2. The van der Waals surface area contributed by atoms with E-state index in [2.05, 4.69) is 48.5 Å². The zero-order valence-corrected chi connectivity index (χ0v) is 13.5. The van der Waals surface area contributed by atoms with E-state index >= 15 is 0 Å². The van der Waals surface area contributed by atoms with Crippen molar-refractivity contribution >= 4 is 0 Å². The molecule has 3 N–H and O–H groups in total. The van der Waals surface area contributed by atoms with E-state index in [0.717, 1.165) is 17.5 Å². The Balaban J connectivity index is 3.34. The predicted molar refractivity (Wildman–Crippen MR) is 82.7 cm³/mol. The molecule has 0 aromatic heterocycles. The molecule has 1 atom stereocenters. The molecule has 0 aliphatic rings. The van der Waals surface area contributed by atoms with Crippen LogP contribution in [0.3, 0.4) is 0 Å². The largest absolute Gasteiger partial charge is 0.508 e. The maximum atomic E-state index is 9.70. The standard InChI is InChI=1S/C17H29NO/c1-11-8-13(19)9-12(2)15(11)14(17(6,7)18)10-16(3,4)5/h8-9,14,19H,10,18H2,1-7H3. The van der Waals surface area contributed by atoms with E-state index in [0.29, 0.717) is 5.75 Å². The second-order valence-electron chi connectivity index (χ2n) is 7.63. The quantitative estimate of drug-likeness (QED) is 0.855. The third-order valence-electron chi connectivity index (χ3n) is 3.64. The summed E-state index contributed by atoms with van der Waals surface area (Å²) in [6, 6.07) is 3.67. The molecule has 2 heteroatoms. The summed E-state index contributed by atoms with van der Waals surface area (Å²) in [7, 11) is 0. The molecule has 1 aromatic rings. The van der Waals surface area contributed by atoms with Crippen LogP contribution >= 0.6 is 0 Å². The van der Waals surface area contributed by atoms with Crippen LogP contribution in [-0.4, -0.2) is 10.6 Å². The summed E-state index contributed by atoms with van der Waals surface area (Å²) in [4.78, 5) is 0. The van der Waals surface area contributed by atoms with Crippen LogP contribution in [0.25, 0.3) is 0 Å².